The van der Waals surface area contributed by atoms with E-state index in [0.29, 0.717) is 43.0 Å². The number of oxime groups is 1. The van der Waals surface area contributed by atoms with Crippen molar-refractivity contribution in [3.63, 3.8) is 0 Å². The highest BCUT2D eigenvalue weighted by Crippen LogP contribution is 2.32. The van der Waals surface area contributed by atoms with E-state index in [-0.39, 0.29) is 28.6 Å². The summed E-state index contributed by atoms with van der Waals surface area (Å²) in [4.78, 5) is 17.3. The fourth-order valence-corrected chi connectivity index (χ4v) is 4.64. The topological polar surface area (TPSA) is 152 Å². The lowest BCUT2D eigenvalue weighted by molar-refractivity contribution is 0.0516. The van der Waals surface area contributed by atoms with Crippen molar-refractivity contribution in [1.82, 2.24) is 4.31 Å². The number of benzene rings is 2. The average Bonchev–Trinajstić information content (AvgIpc) is 3.25. The van der Waals surface area contributed by atoms with Gasteiger partial charge in [-0.3, -0.25) is 0 Å². The van der Waals surface area contributed by atoms with E-state index in [1.165, 1.54) is 28.6 Å². The summed E-state index contributed by atoms with van der Waals surface area (Å²) in [7, 11) is -3.62. The molecule has 174 valence electrons. The summed E-state index contributed by atoms with van der Waals surface area (Å²) in [6.07, 6.45) is 1.43. The van der Waals surface area contributed by atoms with Crippen molar-refractivity contribution in [3.05, 3.63) is 53.6 Å². The van der Waals surface area contributed by atoms with Crippen LogP contribution in [0.3, 0.4) is 0 Å². The van der Waals surface area contributed by atoms with E-state index in [4.69, 9.17) is 20.0 Å². The van der Waals surface area contributed by atoms with Crippen molar-refractivity contribution >= 4 is 21.8 Å². The van der Waals surface area contributed by atoms with Gasteiger partial charge in [-0.15, -0.1) is 0 Å². The number of hydrogen-bond acceptors (Lipinski definition) is 7. The van der Waals surface area contributed by atoms with Crippen LogP contribution in [0.4, 0.5) is 0 Å². The first-order chi connectivity index (χ1) is 14.9. The van der Waals surface area contributed by atoms with Crippen LogP contribution in [0.2, 0.25) is 0 Å². The second-order valence-electron chi connectivity index (χ2n) is 6.85. The van der Waals surface area contributed by atoms with E-state index < -0.39 is 16.0 Å². The Morgan fingerprint density at radius 1 is 1.03 bits per heavy atom. The van der Waals surface area contributed by atoms with Crippen LogP contribution < -0.4 is 15.2 Å². The summed E-state index contributed by atoms with van der Waals surface area (Å²) in [6.45, 7) is 4.85. The van der Waals surface area contributed by atoms with Crippen LogP contribution in [0.5, 0.6) is 11.5 Å². The van der Waals surface area contributed by atoms with Crippen LogP contribution in [0.1, 0.15) is 42.6 Å². The van der Waals surface area contributed by atoms with E-state index in [0.717, 1.165) is 0 Å². The number of carbonyl (C=O) groups is 1. The molecule has 1 aliphatic heterocycles. The van der Waals surface area contributed by atoms with Crippen molar-refractivity contribution in [1.29, 1.82) is 0 Å². The largest absolute Gasteiger partial charge is 0.454 e. The van der Waals surface area contributed by atoms with Crippen LogP contribution in [0, 0.1) is 0 Å². The molecular formula is C21H27N3O7S. The normalized spacial score (nSPS) is 13.0. The van der Waals surface area contributed by atoms with E-state index >= 15 is 0 Å². The molecule has 0 atom stereocenters. The third-order valence-corrected chi connectivity index (χ3v) is 6.48. The standard InChI is InChI=1S/C21H25N3O6S.H2O/c1-3-11-24(12-4-2)31(26,27)17-8-5-15(6-9-17)21(25)30-23-20(22)16-7-10-18-19(13-16)29-14-28-18;/h5-10,13H,3-4,11-12,14H2,1-2H3,(H2,22,23);1H2. The van der Waals surface area contributed by atoms with Gasteiger partial charge in [-0.2, -0.15) is 4.31 Å². The van der Waals surface area contributed by atoms with Crippen LogP contribution in [-0.4, -0.2) is 49.9 Å². The van der Waals surface area contributed by atoms with Gasteiger partial charge in [0.2, 0.25) is 16.8 Å². The Kier molecular flexibility index (Phi) is 8.58. The lowest BCUT2D eigenvalue weighted by atomic mass is 10.2. The van der Waals surface area contributed by atoms with Crippen molar-refractivity contribution in [2.45, 2.75) is 31.6 Å². The highest BCUT2D eigenvalue weighted by atomic mass is 32.2. The molecule has 0 saturated heterocycles. The summed E-state index contributed by atoms with van der Waals surface area (Å²) in [5.74, 6) is 0.353. The summed E-state index contributed by atoms with van der Waals surface area (Å²) >= 11 is 0. The van der Waals surface area contributed by atoms with Crippen molar-refractivity contribution in [3.8, 4) is 11.5 Å². The fourth-order valence-electron chi connectivity index (χ4n) is 3.01. The zero-order chi connectivity index (χ0) is 22.4. The van der Waals surface area contributed by atoms with Gasteiger partial charge < -0.3 is 25.5 Å². The van der Waals surface area contributed by atoms with Gasteiger partial charge in [0.15, 0.2) is 17.3 Å². The molecule has 10 nitrogen and oxygen atoms in total. The molecular weight excluding hydrogens is 438 g/mol. The lowest BCUT2D eigenvalue weighted by Crippen LogP contribution is -2.32. The van der Waals surface area contributed by atoms with Gasteiger partial charge in [0.05, 0.1) is 10.5 Å². The molecule has 11 heteroatoms. The first kappa shape index (κ1) is 25.1. The predicted octanol–water partition coefficient (Wildman–Crippen LogP) is 1.88. The molecule has 2 aromatic carbocycles. The Labute approximate surface area is 186 Å². The maximum absolute atomic E-state index is 12.8. The van der Waals surface area contributed by atoms with E-state index in [9.17, 15) is 13.2 Å². The molecule has 0 bridgehead atoms. The number of sulfonamides is 1. The molecule has 0 saturated carbocycles. The van der Waals surface area contributed by atoms with Gasteiger partial charge in [0, 0.05) is 18.7 Å². The molecule has 0 aromatic heterocycles. The van der Waals surface area contributed by atoms with Crippen molar-refractivity contribution in [2.75, 3.05) is 19.9 Å². The van der Waals surface area contributed by atoms with E-state index in [2.05, 4.69) is 5.16 Å². The maximum atomic E-state index is 12.8. The number of nitrogens with two attached hydrogens (primary N) is 1. The smallest absolute Gasteiger partial charge is 0.365 e. The minimum Gasteiger partial charge on any atom is -0.454 e. The lowest BCUT2D eigenvalue weighted by Gasteiger charge is -2.21. The van der Waals surface area contributed by atoms with Crippen molar-refractivity contribution in [2.24, 2.45) is 10.9 Å². The highest BCUT2D eigenvalue weighted by Gasteiger charge is 2.23. The minimum atomic E-state index is -3.62. The molecule has 0 aliphatic carbocycles. The number of nitrogens with zero attached hydrogens (tertiary/aromatic N) is 2. The number of fused-ring (bicyclic) bond motifs is 1. The number of amidine groups is 1. The van der Waals surface area contributed by atoms with E-state index in [1.807, 2.05) is 13.8 Å². The van der Waals surface area contributed by atoms with Crippen LogP contribution in [0.15, 0.2) is 52.5 Å². The molecule has 32 heavy (non-hydrogen) atoms. The van der Waals surface area contributed by atoms with Crippen LogP contribution >= 0.6 is 0 Å². The molecule has 0 fully saturated rings. The first-order valence-corrected chi connectivity index (χ1v) is 11.4. The fraction of sp³-hybridized carbons (Fsp3) is 0.333. The van der Waals surface area contributed by atoms with Crippen LogP contribution in [0.25, 0.3) is 0 Å². The third kappa shape index (κ3) is 5.55. The second-order valence-corrected chi connectivity index (χ2v) is 8.79. The zero-order valence-electron chi connectivity index (χ0n) is 17.9. The first-order valence-electron chi connectivity index (χ1n) is 9.91. The minimum absolute atomic E-state index is 0. The third-order valence-electron chi connectivity index (χ3n) is 4.57. The van der Waals surface area contributed by atoms with Gasteiger partial charge in [-0.1, -0.05) is 19.0 Å². The number of rotatable bonds is 9. The molecule has 0 spiro atoms. The Morgan fingerprint density at radius 3 is 2.25 bits per heavy atom. The zero-order valence-corrected chi connectivity index (χ0v) is 18.7. The van der Waals surface area contributed by atoms with Gasteiger partial charge in [-0.05, 0) is 55.3 Å². The molecule has 0 unspecified atom stereocenters. The molecule has 2 aromatic rings. The second kappa shape index (κ2) is 10.9. The summed E-state index contributed by atoms with van der Waals surface area (Å²) < 4.78 is 37.5. The quantitative estimate of drug-likeness (QED) is 0.257. The Balaban J connectivity index is 0.00000363. The highest BCUT2D eigenvalue weighted by molar-refractivity contribution is 7.89. The van der Waals surface area contributed by atoms with Gasteiger partial charge in [-0.25, -0.2) is 13.2 Å². The Bertz CT molecular complexity index is 1060. The maximum Gasteiger partial charge on any atom is 0.365 e. The number of ether oxygens (including phenoxy) is 2. The molecule has 1 heterocycles. The molecule has 1 aliphatic rings. The van der Waals surface area contributed by atoms with Gasteiger partial charge in [0.25, 0.3) is 0 Å². The van der Waals surface area contributed by atoms with Gasteiger partial charge in [0.1, 0.15) is 0 Å². The summed E-state index contributed by atoms with van der Waals surface area (Å²) in [5.41, 5.74) is 6.54. The monoisotopic (exact) mass is 465 g/mol. The Morgan fingerprint density at radius 2 is 1.62 bits per heavy atom. The summed E-state index contributed by atoms with van der Waals surface area (Å²) in [5, 5.41) is 3.67. The molecule has 0 amide bonds. The van der Waals surface area contributed by atoms with E-state index in [1.54, 1.807) is 18.2 Å². The molecule has 0 radical (unpaired) electrons. The predicted molar refractivity (Wildman–Crippen MR) is 118 cm³/mol. The van der Waals surface area contributed by atoms with Gasteiger partial charge >= 0.3 is 5.97 Å². The number of hydrogen-bond donors (Lipinski definition) is 1. The van der Waals surface area contributed by atoms with Crippen LogP contribution in [-0.2, 0) is 14.9 Å². The average molecular weight is 466 g/mol. The summed E-state index contributed by atoms with van der Waals surface area (Å²) in [6, 6.07) is 10.5. The molecule has 3 rings (SSSR count). The van der Waals surface area contributed by atoms with Crippen molar-refractivity contribution < 1.29 is 33.0 Å². The SMILES string of the molecule is CCCN(CCC)S(=O)(=O)c1ccc(C(=O)O/N=C(\N)c2ccc3c(c2)OCO3)cc1.O. The Hall–Kier alpha value is -3.15. The molecule has 4 N–H and O–H groups in total. The number of carbonyl (C=O) groups excluding carboxylic acids is 1.